The lowest BCUT2D eigenvalue weighted by Gasteiger charge is -2.14. The fourth-order valence-electron chi connectivity index (χ4n) is 2.74. The van der Waals surface area contributed by atoms with E-state index in [0.717, 1.165) is 30.2 Å². The molecule has 3 aromatic heterocycles. The van der Waals surface area contributed by atoms with E-state index in [2.05, 4.69) is 19.7 Å². The fraction of sp³-hybridized carbons (Fsp3) is 0.312. The number of pyridine rings is 1. The first kappa shape index (κ1) is 17.1. The zero-order chi connectivity index (χ0) is 17.9. The highest BCUT2D eigenvalue weighted by atomic mass is 32.2. The maximum absolute atomic E-state index is 10.8. The van der Waals surface area contributed by atoms with E-state index in [0.29, 0.717) is 16.7 Å². The number of nitrogens with zero attached hydrogens (tertiary/aromatic N) is 5. The molecule has 0 unspecified atom stereocenters. The third-order valence-corrected chi connectivity index (χ3v) is 5.80. The van der Waals surface area contributed by atoms with Gasteiger partial charge in [-0.2, -0.15) is 0 Å². The minimum Gasteiger partial charge on any atom is -0.376 e. The van der Waals surface area contributed by atoms with E-state index in [1.807, 2.05) is 17.5 Å². The van der Waals surface area contributed by atoms with Crippen molar-refractivity contribution in [3.8, 4) is 10.7 Å². The molecule has 1 atom stereocenters. The molecule has 1 aliphatic heterocycles. The Morgan fingerprint density at radius 3 is 2.96 bits per heavy atom. The molecule has 4 heterocycles. The van der Waals surface area contributed by atoms with Crippen molar-refractivity contribution < 1.29 is 9.66 Å². The Morgan fingerprint density at radius 1 is 1.38 bits per heavy atom. The lowest BCUT2D eigenvalue weighted by Crippen LogP contribution is -2.16. The lowest BCUT2D eigenvalue weighted by molar-refractivity contribution is -0.385. The van der Waals surface area contributed by atoms with Gasteiger partial charge >= 0.3 is 0 Å². The molecule has 4 rings (SSSR count). The number of hydrogen-bond acceptors (Lipinski definition) is 8. The second kappa shape index (κ2) is 7.52. The van der Waals surface area contributed by atoms with E-state index < -0.39 is 4.92 Å². The van der Waals surface area contributed by atoms with Gasteiger partial charge in [0.05, 0.1) is 22.4 Å². The van der Waals surface area contributed by atoms with Gasteiger partial charge < -0.3 is 4.74 Å². The van der Waals surface area contributed by atoms with Gasteiger partial charge in [0.1, 0.15) is 11.2 Å². The number of hydrogen-bond donors (Lipinski definition) is 0. The van der Waals surface area contributed by atoms with Gasteiger partial charge in [0.15, 0.2) is 11.0 Å². The molecule has 1 fully saturated rings. The highest BCUT2D eigenvalue weighted by molar-refractivity contribution is 7.99. The molecule has 0 spiro atoms. The number of nitro groups is 1. The minimum absolute atomic E-state index is 0.0329. The van der Waals surface area contributed by atoms with E-state index >= 15 is 0 Å². The monoisotopic (exact) mass is 389 g/mol. The highest BCUT2D eigenvalue weighted by Gasteiger charge is 2.22. The Labute approximate surface area is 157 Å². The maximum Gasteiger partial charge on any atom is 0.287 e. The summed E-state index contributed by atoms with van der Waals surface area (Å²) in [7, 11) is 0. The molecule has 8 nitrogen and oxygen atoms in total. The molecular weight excluding hydrogens is 374 g/mol. The summed E-state index contributed by atoms with van der Waals surface area (Å²) in [5.74, 6) is 0.805. The average Bonchev–Trinajstić information content (AvgIpc) is 3.39. The Morgan fingerprint density at radius 2 is 2.31 bits per heavy atom. The smallest absolute Gasteiger partial charge is 0.287 e. The van der Waals surface area contributed by atoms with Crippen LogP contribution in [0.25, 0.3) is 10.7 Å². The first-order valence-electron chi connectivity index (χ1n) is 8.07. The summed E-state index contributed by atoms with van der Waals surface area (Å²) in [5.41, 5.74) is -0.0329. The van der Waals surface area contributed by atoms with Crippen LogP contribution in [0.3, 0.4) is 0 Å². The molecule has 1 saturated heterocycles. The van der Waals surface area contributed by atoms with Gasteiger partial charge in [-0.25, -0.2) is 4.98 Å². The third-order valence-electron chi connectivity index (χ3n) is 4.00. The third kappa shape index (κ3) is 3.62. The fourth-order valence-corrected chi connectivity index (χ4v) is 4.24. The molecule has 0 radical (unpaired) electrons. The molecular formula is C16H15N5O3S2. The summed E-state index contributed by atoms with van der Waals surface area (Å²) >= 11 is 2.95. The molecule has 1 aliphatic rings. The SMILES string of the molecule is O=[N+]([O-])c1ccc(Sc2nnc(-c3cccs3)n2C[C@H]2CCCO2)nc1. The van der Waals surface area contributed by atoms with E-state index in [4.69, 9.17) is 4.74 Å². The van der Waals surface area contributed by atoms with Crippen LogP contribution in [0.15, 0.2) is 46.0 Å². The van der Waals surface area contributed by atoms with Gasteiger partial charge in [-0.3, -0.25) is 14.7 Å². The van der Waals surface area contributed by atoms with Crippen LogP contribution >= 0.6 is 23.1 Å². The number of ether oxygens (including phenoxy) is 1. The van der Waals surface area contributed by atoms with Gasteiger partial charge in [-0.15, -0.1) is 21.5 Å². The normalized spacial score (nSPS) is 16.8. The molecule has 0 bridgehead atoms. The van der Waals surface area contributed by atoms with E-state index in [-0.39, 0.29) is 11.8 Å². The maximum atomic E-state index is 10.8. The van der Waals surface area contributed by atoms with Crippen LogP contribution in [0.4, 0.5) is 5.69 Å². The van der Waals surface area contributed by atoms with Gasteiger partial charge in [0.2, 0.25) is 0 Å². The molecule has 0 aromatic carbocycles. The predicted octanol–water partition coefficient (Wildman–Crippen LogP) is 3.64. The van der Waals surface area contributed by atoms with E-state index in [9.17, 15) is 10.1 Å². The molecule has 0 aliphatic carbocycles. The van der Waals surface area contributed by atoms with Gasteiger partial charge in [-0.1, -0.05) is 6.07 Å². The van der Waals surface area contributed by atoms with Gasteiger partial charge in [-0.05, 0) is 42.1 Å². The summed E-state index contributed by atoms with van der Waals surface area (Å²) in [5, 5.41) is 22.8. The summed E-state index contributed by atoms with van der Waals surface area (Å²) < 4.78 is 7.82. The molecule has 0 saturated carbocycles. The van der Waals surface area contributed by atoms with Crippen LogP contribution in [0.5, 0.6) is 0 Å². The van der Waals surface area contributed by atoms with Crippen LogP contribution in [0.2, 0.25) is 0 Å². The summed E-state index contributed by atoms with van der Waals surface area (Å²) in [6.45, 7) is 1.46. The summed E-state index contributed by atoms with van der Waals surface area (Å²) in [4.78, 5) is 15.5. The number of rotatable bonds is 6. The molecule has 10 heteroatoms. The Balaban J connectivity index is 1.63. The highest BCUT2D eigenvalue weighted by Crippen LogP contribution is 2.32. The standard InChI is InChI=1S/C16H15N5O3S2/c22-21(23)11-5-6-14(17-9-11)26-16-19-18-15(13-4-2-8-25-13)20(16)10-12-3-1-7-24-12/h2,4-6,8-9,12H,1,3,7,10H2/t12-/m1/s1. The van der Waals surface area contributed by atoms with Crippen molar-refractivity contribution in [2.45, 2.75) is 35.7 Å². The van der Waals surface area contributed by atoms with Crippen molar-refractivity contribution in [1.29, 1.82) is 0 Å². The van der Waals surface area contributed by atoms with Crippen molar-refractivity contribution in [2.24, 2.45) is 0 Å². The Hall–Kier alpha value is -2.30. The van der Waals surface area contributed by atoms with Crippen LogP contribution in [0, 0.1) is 10.1 Å². The van der Waals surface area contributed by atoms with Crippen LogP contribution in [-0.4, -0.2) is 37.4 Å². The zero-order valence-corrected chi connectivity index (χ0v) is 15.3. The Kier molecular flexibility index (Phi) is 4.96. The molecule has 26 heavy (non-hydrogen) atoms. The first-order chi connectivity index (χ1) is 12.7. The Bertz CT molecular complexity index is 889. The van der Waals surface area contributed by atoms with Gasteiger partial charge in [0.25, 0.3) is 5.69 Å². The largest absolute Gasteiger partial charge is 0.376 e. The van der Waals surface area contributed by atoms with E-state index in [1.54, 1.807) is 17.4 Å². The molecule has 134 valence electrons. The molecule has 0 amide bonds. The summed E-state index contributed by atoms with van der Waals surface area (Å²) in [6, 6.07) is 7.06. The van der Waals surface area contributed by atoms with Crippen molar-refractivity contribution in [1.82, 2.24) is 19.7 Å². The average molecular weight is 389 g/mol. The van der Waals surface area contributed by atoms with Crippen molar-refractivity contribution in [3.05, 3.63) is 46.0 Å². The van der Waals surface area contributed by atoms with Crippen molar-refractivity contribution in [3.63, 3.8) is 0 Å². The van der Waals surface area contributed by atoms with Crippen molar-refractivity contribution >= 4 is 28.8 Å². The predicted molar refractivity (Wildman–Crippen MR) is 97.3 cm³/mol. The van der Waals surface area contributed by atoms with E-state index in [1.165, 1.54) is 24.0 Å². The van der Waals surface area contributed by atoms with Gasteiger partial charge in [0, 0.05) is 12.7 Å². The first-order valence-corrected chi connectivity index (χ1v) is 9.77. The number of aromatic nitrogens is 4. The topological polar surface area (TPSA) is 96.0 Å². The van der Waals surface area contributed by atoms with Crippen LogP contribution in [0.1, 0.15) is 12.8 Å². The van der Waals surface area contributed by atoms with Crippen LogP contribution < -0.4 is 0 Å². The second-order valence-corrected chi connectivity index (χ2v) is 7.68. The zero-order valence-electron chi connectivity index (χ0n) is 13.6. The number of thiophene rings is 1. The quantitative estimate of drug-likeness (QED) is 0.469. The minimum atomic E-state index is -0.462. The molecule has 3 aromatic rings. The molecule has 0 N–H and O–H groups in total. The lowest BCUT2D eigenvalue weighted by atomic mass is 10.2. The summed E-state index contributed by atoms with van der Waals surface area (Å²) in [6.07, 6.45) is 3.48. The van der Waals surface area contributed by atoms with Crippen molar-refractivity contribution in [2.75, 3.05) is 6.61 Å². The van der Waals surface area contributed by atoms with Crippen LogP contribution in [-0.2, 0) is 11.3 Å². The second-order valence-electron chi connectivity index (χ2n) is 5.74.